The Balaban J connectivity index is 0.000000137. The molecular weight excluding hydrogens is 1120 g/mol. The summed E-state index contributed by atoms with van der Waals surface area (Å²) in [4.78, 5) is 0. The number of fused-ring (bicyclic) bond motifs is 40. The average Bonchev–Trinajstić information content (AvgIpc) is 4.53. The van der Waals surface area contributed by atoms with Gasteiger partial charge in [-0.15, -0.1) is 11.8 Å². The maximum absolute atomic E-state index is 4.25. The third-order valence-corrected chi connectivity index (χ3v) is 27.1. The van der Waals surface area contributed by atoms with Crippen molar-refractivity contribution in [3.8, 4) is 0 Å². The van der Waals surface area contributed by atoms with Gasteiger partial charge in [0.15, 0.2) is 0 Å². The molecule has 16 bridgehead atoms. The molecule has 18 heteroatoms. The van der Waals surface area contributed by atoms with Gasteiger partial charge in [0.1, 0.15) is 0 Å². The topological polar surface area (TPSA) is 192 Å². The summed E-state index contributed by atoms with van der Waals surface area (Å²) in [6.45, 7) is 0. The van der Waals surface area contributed by atoms with E-state index < -0.39 is 0 Å². The van der Waals surface area contributed by atoms with E-state index in [9.17, 15) is 0 Å². The molecular formula is C64H110Cu2N16. The first-order chi connectivity index (χ1) is 39.6. The van der Waals surface area contributed by atoms with E-state index in [-0.39, 0.29) is 34.1 Å². The zero-order chi connectivity index (χ0) is 52.4. The molecule has 0 spiro atoms. The molecule has 10 aliphatic heterocycles. The van der Waals surface area contributed by atoms with Gasteiger partial charge >= 0.3 is 17.1 Å². The summed E-state index contributed by atoms with van der Waals surface area (Å²) in [5.41, 5.74) is 0. The molecule has 0 aromatic rings. The van der Waals surface area contributed by atoms with Crippen LogP contribution in [0.4, 0.5) is 0 Å². The van der Waals surface area contributed by atoms with Crippen molar-refractivity contribution in [1.82, 2.24) is 85.1 Å². The Morgan fingerprint density at radius 2 is 0.305 bits per heavy atom. The van der Waals surface area contributed by atoms with Crippen LogP contribution in [-0.4, -0.2) is 98.7 Å². The molecule has 16 N–H and O–H groups in total. The van der Waals surface area contributed by atoms with E-state index in [1.807, 2.05) is 0 Å². The van der Waals surface area contributed by atoms with E-state index in [4.69, 9.17) is 0 Å². The van der Waals surface area contributed by atoms with Crippen molar-refractivity contribution < 1.29 is 34.1 Å². The van der Waals surface area contributed by atoms with Crippen LogP contribution in [0.15, 0.2) is 0 Å². The molecule has 2 radical (unpaired) electrons. The van der Waals surface area contributed by atoms with Crippen LogP contribution in [0.1, 0.15) is 193 Å². The van der Waals surface area contributed by atoms with E-state index >= 15 is 0 Å². The number of rotatable bonds is 0. The average molecular weight is 1230 g/mol. The van der Waals surface area contributed by atoms with Gasteiger partial charge in [0.05, 0.1) is 86.3 Å². The van der Waals surface area contributed by atoms with E-state index in [1.165, 1.54) is 193 Å². The summed E-state index contributed by atoms with van der Waals surface area (Å²) in [6.07, 6.45) is 52.9. The Morgan fingerprint density at radius 3 is 0.476 bits per heavy atom. The van der Waals surface area contributed by atoms with E-state index in [0.29, 0.717) is 122 Å². The molecule has 8 aliphatic carbocycles. The predicted molar refractivity (Wildman–Crippen MR) is 314 cm³/mol. The minimum absolute atomic E-state index is 0. The van der Waals surface area contributed by atoms with Crippen molar-refractivity contribution >= 4 is 0 Å². The van der Waals surface area contributed by atoms with Crippen molar-refractivity contribution in [1.29, 1.82) is 0 Å². The predicted octanol–water partition coefficient (Wildman–Crippen LogP) is 4.83. The quantitative estimate of drug-likeness (QED) is 0.117. The van der Waals surface area contributed by atoms with Crippen LogP contribution in [0.25, 0.3) is 0 Å². The Hall–Kier alpha value is 0.399. The maximum atomic E-state index is 4.25. The zero-order valence-corrected chi connectivity index (χ0v) is 51.3. The fourth-order valence-electron chi connectivity index (χ4n) is 23.5. The molecule has 8 saturated carbocycles. The molecule has 32 atom stereocenters. The van der Waals surface area contributed by atoms with Gasteiger partial charge in [-0.2, -0.15) is 12.8 Å². The van der Waals surface area contributed by atoms with Crippen molar-refractivity contribution in [3.63, 3.8) is 0 Å². The van der Waals surface area contributed by atoms with Crippen LogP contribution in [0.5, 0.6) is 0 Å². The molecule has 0 amide bonds. The van der Waals surface area contributed by atoms with Crippen molar-refractivity contribution in [2.24, 2.45) is 94.7 Å². The summed E-state index contributed by atoms with van der Waals surface area (Å²) in [5.74, 6) is 11.5. The van der Waals surface area contributed by atoms with Crippen LogP contribution in [0.3, 0.4) is 0 Å². The van der Waals surface area contributed by atoms with Gasteiger partial charge in [-0.25, -0.2) is 0 Å². The molecule has 10 heterocycles. The van der Waals surface area contributed by atoms with Gasteiger partial charge in [-0.3, -0.25) is 85.1 Å². The minimum atomic E-state index is 0. The summed E-state index contributed by atoms with van der Waals surface area (Å²) >= 11 is 0. The first-order valence-corrected chi connectivity index (χ1v) is 35.4. The first-order valence-electron chi connectivity index (χ1n) is 35.4. The van der Waals surface area contributed by atoms with Crippen LogP contribution in [-0.2, 0) is 34.1 Å². The molecule has 18 fully saturated rings. The fraction of sp³-hybridized carbons (Fsp3) is 0.969. The largest absolute Gasteiger partial charge is 2.00 e. The van der Waals surface area contributed by atoms with E-state index in [0.717, 1.165) is 71.0 Å². The Bertz CT molecular complexity index is 1580. The van der Waals surface area contributed by atoms with Gasteiger partial charge in [-0.05, 0) is 160 Å². The summed E-state index contributed by atoms with van der Waals surface area (Å²) < 4.78 is 0. The Kier molecular flexibility index (Phi) is 18.1. The van der Waals surface area contributed by atoms with Crippen molar-refractivity contribution in [3.05, 3.63) is 12.8 Å². The van der Waals surface area contributed by atoms with Crippen LogP contribution in [0, 0.1) is 108 Å². The number of hydrogen-bond acceptors (Lipinski definition) is 16. The van der Waals surface area contributed by atoms with Gasteiger partial charge < -0.3 is 12.8 Å². The smallest absolute Gasteiger partial charge is 0.322 e. The van der Waals surface area contributed by atoms with Crippen molar-refractivity contribution in [2.45, 2.75) is 291 Å². The third-order valence-electron chi connectivity index (χ3n) is 27.1. The SMILES string of the molecule is [CH-]1CCCC2C3NC(NC4NC(NC5NC(NC6NC(N3)C3CCCCC63)C3CCCCC53)C3CCCCC43)C12.[CH-]1CCCC2C3NC(NC4NC(NC5NC(NC6NC(N3)C3CCCCC63)C3CCCCC53)C3CCCCC43)C12.[Cu+2].[Cu]. The number of hydrogen-bond donors (Lipinski definition) is 16. The molecule has 0 aromatic carbocycles. The molecule has 18 rings (SSSR count). The van der Waals surface area contributed by atoms with Crippen LogP contribution < -0.4 is 85.1 Å². The first kappa shape index (κ1) is 58.8. The van der Waals surface area contributed by atoms with E-state index in [2.05, 4.69) is 97.9 Å². The summed E-state index contributed by atoms with van der Waals surface area (Å²) in [6, 6.07) is 0. The summed E-state index contributed by atoms with van der Waals surface area (Å²) in [7, 11) is 0. The second-order valence-corrected chi connectivity index (χ2v) is 30.8. The Morgan fingerprint density at radius 1 is 0.171 bits per heavy atom. The monoisotopic (exact) mass is 1230 g/mol. The molecule has 18 aliphatic rings. The van der Waals surface area contributed by atoms with Gasteiger partial charge in [0.2, 0.25) is 0 Å². The zero-order valence-electron chi connectivity index (χ0n) is 49.4. The van der Waals surface area contributed by atoms with Crippen LogP contribution >= 0.6 is 0 Å². The third kappa shape index (κ3) is 10.8. The van der Waals surface area contributed by atoms with Gasteiger partial charge in [-0.1, -0.05) is 103 Å². The van der Waals surface area contributed by atoms with Crippen LogP contribution in [0.2, 0.25) is 0 Å². The molecule has 10 saturated heterocycles. The number of nitrogens with one attached hydrogen (secondary N) is 16. The second kappa shape index (κ2) is 25.2. The molecule has 16 nitrogen and oxygen atoms in total. The standard InChI is InChI=1S/2C32H55N8.2Cu/c2*1-2-10-18-17(9-1)25-33-26(18)38-28-21-13-5-6-14-22(21)30(35-28)40-32-24-16-8-7-15-23(24)31(36-32)39-29-20-12-4-3-11-19(20)27(34-29)37-25;;/h2*9,17-40H,1-8,10-16H2;;/q2*-1;;+2. The second-order valence-electron chi connectivity index (χ2n) is 30.8. The minimum Gasteiger partial charge on any atom is -0.322 e. The molecule has 32 unspecified atom stereocenters. The Labute approximate surface area is 515 Å². The van der Waals surface area contributed by atoms with E-state index in [1.54, 1.807) is 0 Å². The normalized spacial score (nSPS) is 56.2. The molecule has 82 heavy (non-hydrogen) atoms. The van der Waals surface area contributed by atoms with Gasteiger partial charge in [0, 0.05) is 29.4 Å². The van der Waals surface area contributed by atoms with Crippen molar-refractivity contribution in [2.75, 3.05) is 0 Å². The van der Waals surface area contributed by atoms with Gasteiger partial charge in [0.25, 0.3) is 0 Å². The molecule has 0 aromatic heterocycles. The summed E-state index contributed by atoms with van der Waals surface area (Å²) in [5, 5.41) is 67.3. The fourth-order valence-corrected chi connectivity index (χ4v) is 23.5. The maximum Gasteiger partial charge on any atom is 2.00 e. The molecule has 468 valence electrons.